The molecule has 5 N–H and O–H groups in total. The molecule has 0 aliphatic heterocycles. The summed E-state index contributed by atoms with van der Waals surface area (Å²) in [5.74, 6) is 0.0133. The highest BCUT2D eigenvalue weighted by Gasteiger charge is 2.35. The number of phenolic OH excluding ortho intramolecular Hbond substituents is 1. The summed E-state index contributed by atoms with van der Waals surface area (Å²) < 4.78 is 0. The summed E-state index contributed by atoms with van der Waals surface area (Å²) in [6, 6.07) is 16.4. The van der Waals surface area contributed by atoms with Gasteiger partial charge in [0.05, 0.1) is 4.88 Å². The zero-order chi connectivity index (χ0) is 21.8. The summed E-state index contributed by atoms with van der Waals surface area (Å²) in [4.78, 5) is 13.5. The van der Waals surface area contributed by atoms with E-state index in [1.807, 2.05) is 41.8 Å². The molecule has 0 saturated heterocycles. The molecular weight excluding hydrogens is 410 g/mol. The fourth-order valence-electron chi connectivity index (χ4n) is 3.50. The highest BCUT2D eigenvalue weighted by molar-refractivity contribution is 7.12. The van der Waals surface area contributed by atoms with Crippen LogP contribution in [0.2, 0.25) is 0 Å². The van der Waals surface area contributed by atoms with Gasteiger partial charge in [-0.05, 0) is 64.9 Å². The molecule has 0 fully saturated rings. The number of anilines is 1. The van der Waals surface area contributed by atoms with E-state index in [2.05, 4.69) is 10.6 Å². The molecule has 3 aromatic rings. The van der Waals surface area contributed by atoms with Gasteiger partial charge in [0, 0.05) is 18.7 Å². The average Bonchev–Trinajstić information content (AvgIpc) is 3.30. The number of thiophene rings is 1. The molecule has 31 heavy (non-hydrogen) atoms. The number of fused-ring (bicyclic) bond motifs is 1. The van der Waals surface area contributed by atoms with Crippen molar-refractivity contribution in [3.8, 4) is 5.75 Å². The van der Waals surface area contributed by atoms with Crippen LogP contribution in [0.15, 0.2) is 66.1 Å². The van der Waals surface area contributed by atoms with E-state index in [9.17, 15) is 15.0 Å². The lowest BCUT2D eigenvalue weighted by Crippen LogP contribution is -2.48. The molecule has 1 heterocycles. The maximum absolute atomic E-state index is 12.6. The number of aliphatic hydroxyl groups is 1. The molecule has 7 heteroatoms. The predicted octanol–water partition coefficient (Wildman–Crippen LogP) is 3.55. The zero-order valence-corrected chi connectivity index (χ0v) is 17.6. The van der Waals surface area contributed by atoms with Gasteiger partial charge in [0.2, 0.25) is 0 Å². The van der Waals surface area contributed by atoms with Crippen molar-refractivity contribution in [1.29, 1.82) is 5.41 Å². The summed E-state index contributed by atoms with van der Waals surface area (Å²) in [5, 5.41) is 36.3. The van der Waals surface area contributed by atoms with Gasteiger partial charge in [0.15, 0.2) is 5.60 Å². The van der Waals surface area contributed by atoms with Gasteiger partial charge < -0.3 is 20.8 Å². The van der Waals surface area contributed by atoms with E-state index in [1.165, 1.54) is 17.4 Å². The van der Waals surface area contributed by atoms with Gasteiger partial charge in [-0.1, -0.05) is 30.3 Å². The Morgan fingerprint density at radius 1 is 1.16 bits per heavy atom. The Kier molecular flexibility index (Phi) is 5.88. The number of amides is 1. The van der Waals surface area contributed by atoms with E-state index < -0.39 is 11.5 Å². The molecule has 158 valence electrons. The minimum atomic E-state index is -1.63. The number of benzene rings is 2. The monoisotopic (exact) mass is 433 g/mol. The smallest absolute Gasteiger partial charge is 0.256 e. The van der Waals surface area contributed by atoms with Crippen LogP contribution in [0.5, 0.6) is 5.75 Å². The van der Waals surface area contributed by atoms with Gasteiger partial charge in [0.25, 0.3) is 5.91 Å². The molecule has 2 aromatic carbocycles. The number of nitrogens with one attached hydrogen (secondary N) is 3. The van der Waals surface area contributed by atoms with Crippen LogP contribution < -0.4 is 10.6 Å². The number of hydrogen-bond donors (Lipinski definition) is 5. The van der Waals surface area contributed by atoms with Crippen molar-refractivity contribution in [1.82, 2.24) is 5.32 Å². The van der Waals surface area contributed by atoms with Crippen LogP contribution in [0.3, 0.4) is 0 Å². The first-order chi connectivity index (χ1) is 14.9. The zero-order valence-electron chi connectivity index (χ0n) is 16.8. The second-order valence-electron chi connectivity index (χ2n) is 7.50. The van der Waals surface area contributed by atoms with Crippen molar-refractivity contribution in [3.05, 3.63) is 87.6 Å². The molecule has 0 saturated carbocycles. The quantitative estimate of drug-likeness (QED) is 0.303. The van der Waals surface area contributed by atoms with Gasteiger partial charge in [-0.15, -0.1) is 11.3 Å². The SMILES string of the molecule is N=C(Nc1ccc(CCNC(=O)C2(O)C=Cc3ccc(O)cc3C2)cc1)c1cccs1. The van der Waals surface area contributed by atoms with Gasteiger partial charge in [-0.2, -0.15) is 0 Å². The Hall–Kier alpha value is -3.42. The molecule has 4 rings (SSSR count). The van der Waals surface area contributed by atoms with Crippen LogP contribution in [0.4, 0.5) is 5.69 Å². The molecule has 0 bridgehead atoms. The topological polar surface area (TPSA) is 105 Å². The van der Waals surface area contributed by atoms with E-state index in [0.29, 0.717) is 18.8 Å². The van der Waals surface area contributed by atoms with E-state index in [1.54, 1.807) is 24.3 Å². The van der Waals surface area contributed by atoms with Crippen molar-refractivity contribution in [2.24, 2.45) is 0 Å². The average molecular weight is 434 g/mol. The highest BCUT2D eigenvalue weighted by atomic mass is 32.1. The predicted molar refractivity (Wildman–Crippen MR) is 124 cm³/mol. The lowest BCUT2D eigenvalue weighted by Gasteiger charge is -2.27. The molecular formula is C24H23N3O3S. The van der Waals surface area contributed by atoms with Crippen LogP contribution >= 0.6 is 11.3 Å². The summed E-state index contributed by atoms with van der Waals surface area (Å²) in [6.07, 6.45) is 3.95. The Morgan fingerprint density at radius 3 is 2.71 bits per heavy atom. The van der Waals surface area contributed by atoms with Crippen molar-refractivity contribution in [2.45, 2.75) is 18.4 Å². The number of hydrogen-bond acceptors (Lipinski definition) is 5. The van der Waals surface area contributed by atoms with Crippen LogP contribution in [0, 0.1) is 5.41 Å². The number of carbonyl (C=O) groups excluding carboxylic acids is 1. The summed E-state index contributed by atoms with van der Waals surface area (Å²) in [7, 11) is 0. The van der Waals surface area contributed by atoms with Crippen molar-refractivity contribution >= 4 is 34.8 Å². The second-order valence-corrected chi connectivity index (χ2v) is 8.45. The van der Waals surface area contributed by atoms with E-state index >= 15 is 0 Å². The Labute approximate surface area is 184 Å². The molecule has 1 aliphatic carbocycles. The number of amidine groups is 1. The van der Waals surface area contributed by atoms with E-state index in [4.69, 9.17) is 5.41 Å². The van der Waals surface area contributed by atoms with E-state index in [0.717, 1.165) is 27.3 Å². The van der Waals surface area contributed by atoms with Gasteiger partial charge >= 0.3 is 0 Å². The Balaban J connectivity index is 1.29. The maximum atomic E-state index is 12.6. The van der Waals surface area contributed by atoms with Gasteiger partial charge in [0.1, 0.15) is 11.6 Å². The number of carbonyl (C=O) groups is 1. The highest BCUT2D eigenvalue weighted by Crippen LogP contribution is 2.28. The fourth-order valence-corrected chi connectivity index (χ4v) is 4.13. The molecule has 0 spiro atoms. The maximum Gasteiger partial charge on any atom is 0.256 e. The van der Waals surface area contributed by atoms with Gasteiger partial charge in [-0.3, -0.25) is 10.2 Å². The standard InChI is InChI=1S/C24H23N3O3S/c25-22(21-2-1-13-31-21)27-19-6-3-16(4-7-19)10-12-26-23(29)24(30)11-9-17-5-8-20(28)14-18(17)15-24/h1-9,11,13-14,28,30H,10,12,15H2,(H2,25,27)(H,26,29). The normalized spacial score (nSPS) is 17.1. The van der Waals surface area contributed by atoms with Crippen LogP contribution in [0.1, 0.15) is 21.6 Å². The van der Waals surface area contributed by atoms with Crippen LogP contribution in [-0.4, -0.2) is 34.1 Å². The van der Waals surface area contributed by atoms with Crippen molar-refractivity contribution in [2.75, 3.05) is 11.9 Å². The molecule has 1 aliphatic rings. The molecule has 1 aromatic heterocycles. The first kappa shape index (κ1) is 20.8. The number of aromatic hydroxyl groups is 1. The molecule has 0 radical (unpaired) electrons. The minimum Gasteiger partial charge on any atom is -0.508 e. The van der Waals surface area contributed by atoms with Crippen LogP contribution in [0.25, 0.3) is 6.08 Å². The van der Waals surface area contributed by atoms with Gasteiger partial charge in [-0.25, -0.2) is 0 Å². The summed E-state index contributed by atoms with van der Waals surface area (Å²) >= 11 is 1.51. The molecule has 1 amide bonds. The number of phenols is 1. The fraction of sp³-hybridized carbons (Fsp3) is 0.167. The molecule has 6 nitrogen and oxygen atoms in total. The third-order valence-electron chi connectivity index (χ3n) is 5.21. The lowest BCUT2D eigenvalue weighted by atomic mass is 9.85. The summed E-state index contributed by atoms with van der Waals surface area (Å²) in [5.41, 5.74) is 1.86. The lowest BCUT2D eigenvalue weighted by molar-refractivity contribution is -0.135. The minimum absolute atomic E-state index is 0.111. The Morgan fingerprint density at radius 2 is 1.97 bits per heavy atom. The third-order valence-corrected chi connectivity index (χ3v) is 6.10. The second kappa shape index (κ2) is 8.75. The molecule has 1 atom stereocenters. The van der Waals surface area contributed by atoms with Crippen molar-refractivity contribution in [3.63, 3.8) is 0 Å². The first-order valence-corrected chi connectivity index (χ1v) is 10.8. The first-order valence-electron chi connectivity index (χ1n) is 9.93. The number of rotatable bonds is 6. The van der Waals surface area contributed by atoms with E-state index in [-0.39, 0.29) is 12.2 Å². The van der Waals surface area contributed by atoms with Crippen LogP contribution in [-0.2, 0) is 17.6 Å². The molecule has 1 unspecified atom stereocenters. The summed E-state index contributed by atoms with van der Waals surface area (Å²) in [6.45, 7) is 0.389. The largest absolute Gasteiger partial charge is 0.508 e. The third kappa shape index (κ3) is 4.84. The Bertz CT molecular complexity index is 1120. The van der Waals surface area contributed by atoms with Crippen molar-refractivity contribution < 1.29 is 15.0 Å².